The minimum absolute atomic E-state index is 0.0176. The Morgan fingerprint density at radius 3 is 2.59 bits per heavy atom. The predicted octanol–water partition coefficient (Wildman–Crippen LogP) is 4.67. The highest BCUT2D eigenvalue weighted by atomic mass is 19.4. The summed E-state index contributed by atoms with van der Waals surface area (Å²) in [6.07, 6.45) is -3.23. The molecule has 1 unspecified atom stereocenters. The molecule has 0 spiro atoms. The van der Waals surface area contributed by atoms with Crippen LogP contribution < -0.4 is 0 Å². The molecule has 0 aliphatic carbocycles. The molecule has 1 heterocycles. The predicted molar refractivity (Wildman–Crippen MR) is 91.6 cm³/mol. The van der Waals surface area contributed by atoms with Crippen LogP contribution in [0.15, 0.2) is 48.5 Å². The van der Waals surface area contributed by atoms with Gasteiger partial charge < -0.3 is 9.64 Å². The normalized spacial score (nSPS) is 17.8. The van der Waals surface area contributed by atoms with Crippen LogP contribution in [0.25, 0.3) is 0 Å². The smallest absolute Gasteiger partial charge is 0.372 e. The number of hydrogen-bond donors (Lipinski definition) is 0. The zero-order chi connectivity index (χ0) is 19.4. The molecule has 0 bridgehead atoms. The molecular weight excluding hydrogens is 362 g/mol. The lowest BCUT2D eigenvalue weighted by Gasteiger charge is -2.33. The van der Waals surface area contributed by atoms with Gasteiger partial charge in [-0.15, -0.1) is 0 Å². The number of ether oxygens (including phenoxy) is 1. The van der Waals surface area contributed by atoms with E-state index in [0.29, 0.717) is 19.5 Å². The Hall–Kier alpha value is -2.41. The molecule has 1 aliphatic heterocycles. The lowest BCUT2D eigenvalue weighted by Crippen LogP contribution is -2.43. The van der Waals surface area contributed by atoms with Gasteiger partial charge in [0, 0.05) is 18.7 Å². The molecule has 0 saturated carbocycles. The van der Waals surface area contributed by atoms with Crippen LogP contribution in [-0.4, -0.2) is 30.0 Å². The van der Waals surface area contributed by atoms with Gasteiger partial charge in [0.25, 0.3) is 5.91 Å². The molecule has 0 aromatic heterocycles. The number of rotatable bonds is 4. The van der Waals surface area contributed by atoms with Crippen LogP contribution in [0, 0.1) is 5.82 Å². The molecule has 3 nitrogen and oxygen atoms in total. The van der Waals surface area contributed by atoms with Crippen LogP contribution in [0.2, 0.25) is 0 Å². The van der Waals surface area contributed by atoms with E-state index in [0.717, 1.165) is 24.1 Å². The molecule has 1 aliphatic rings. The largest absolute Gasteiger partial charge is 0.416 e. The van der Waals surface area contributed by atoms with Gasteiger partial charge in [0.15, 0.2) is 0 Å². The van der Waals surface area contributed by atoms with Gasteiger partial charge in [0.05, 0.1) is 18.3 Å². The van der Waals surface area contributed by atoms with E-state index in [9.17, 15) is 22.4 Å². The first-order chi connectivity index (χ1) is 12.8. The van der Waals surface area contributed by atoms with Crippen molar-refractivity contribution in [1.29, 1.82) is 0 Å². The lowest BCUT2D eigenvalue weighted by molar-refractivity contribution is -0.137. The minimum atomic E-state index is -4.49. The molecule has 0 N–H and O–H groups in total. The first kappa shape index (κ1) is 19.4. The molecule has 7 heteroatoms. The van der Waals surface area contributed by atoms with Crippen LogP contribution in [0.5, 0.6) is 0 Å². The van der Waals surface area contributed by atoms with E-state index < -0.39 is 17.6 Å². The van der Waals surface area contributed by atoms with Gasteiger partial charge >= 0.3 is 6.18 Å². The van der Waals surface area contributed by atoms with Crippen molar-refractivity contribution < 1.29 is 27.1 Å². The van der Waals surface area contributed by atoms with Crippen LogP contribution in [0.3, 0.4) is 0 Å². The fourth-order valence-electron chi connectivity index (χ4n) is 3.06. The molecule has 0 radical (unpaired) electrons. The summed E-state index contributed by atoms with van der Waals surface area (Å²) < 4.78 is 57.3. The van der Waals surface area contributed by atoms with Crippen molar-refractivity contribution in [3.05, 3.63) is 71.0 Å². The van der Waals surface area contributed by atoms with Crippen LogP contribution in [-0.2, 0) is 17.5 Å². The maximum atomic E-state index is 12.9. The number of carbonyl (C=O) groups excluding carboxylic acids is 1. The maximum absolute atomic E-state index is 12.9. The van der Waals surface area contributed by atoms with E-state index >= 15 is 0 Å². The van der Waals surface area contributed by atoms with E-state index in [4.69, 9.17) is 4.74 Å². The fraction of sp³-hybridized carbons (Fsp3) is 0.350. The van der Waals surface area contributed by atoms with Crippen molar-refractivity contribution in [3.8, 4) is 0 Å². The summed E-state index contributed by atoms with van der Waals surface area (Å²) in [6, 6.07) is 10.4. The molecule has 1 saturated heterocycles. The number of halogens is 4. The molecule has 2 aromatic carbocycles. The third-order valence-corrected chi connectivity index (χ3v) is 4.50. The second-order valence-corrected chi connectivity index (χ2v) is 6.53. The van der Waals surface area contributed by atoms with Gasteiger partial charge in [-0.3, -0.25) is 4.79 Å². The highest BCUT2D eigenvalue weighted by molar-refractivity contribution is 5.94. The third-order valence-electron chi connectivity index (χ3n) is 4.50. The summed E-state index contributed by atoms with van der Waals surface area (Å²) in [5.41, 5.74) is -0.00351. The van der Waals surface area contributed by atoms with Gasteiger partial charge in [0.1, 0.15) is 5.82 Å². The standard InChI is InChI=1S/C20H19F4NO2/c21-17-8-6-14(7-9-17)13-27-18-5-2-10-25(12-18)19(26)15-3-1-4-16(11-15)20(22,23)24/h1,3-4,6-9,11,18H,2,5,10,12-13H2. The summed E-state index contributed by atoms with van der Waals surface area (Å²) in [4.78, 5) is 14.1. The average molecular weight is 381 g/mol. The van der Waals surface area contributed by atoms with Crippen LogP contribution in [0.4, 0.5) is 17.6 Å². The number of carbonyl (C=O) groups is 1. The number of piperidine rings is 1. The zero-order valence-corrected chi connectivity index (χ0v) is 14.5. The molecular formula is C20H19F4NO2. The van der Waals surface area contributed by atoms with Crippen molar-refractivity contribution in [1.82, 2.24) is 4.90 Å². The second kappa shape index (κ2) is 8.08. The Morgan fingerprint density at radius 1 is 1.15 bits per heavy atom. The Bertz CT molecular complexity index is 789. The number of amides is 1. The highest BCUT2D eigenvalue weighted by Gasteiger charge is 2.32. The Morgan fingerprint density at radius 2 is 1.89 bits per heavy atom. The minimum Gasteiger partial charge on any atom is -0.372 e. The molecule has 1 fully saturated rings. The monoisotopic (exact) mass is 381 g/mol. The summed E-state index contributed by atoms with van der Waals surface area (Å²) in [6.45, 7) is 1.08. The molecule has 3 rings (SSSR count). The van der Waals surface area contributed by atoms with Crippen molar-refractivity contribution in [2.24, 2.45) is 0 Å². The summed E-state index contributed by atoms with van der Waals surface area (Å²) in [5, 5.41) is 0. The van der Waals surface area contributed by atoms with E-state index in [-0.39, 0.29) is 24.1 Å². The Labute approximate surface area is 154 Å². The first-order valence-corrected chi connectivity index (χ1v) is 8.65. The number of hydrogen-bond acceptors (Lipinski definition) is 2. The van der Waals surface area contributed by atoms with E-state index in [1.54, 1.807) is 12.1 Å². The van der Waals surface area contributed by atoms with Gasteiger partial charge in [-0.05, 0) is 48.7 Å². The molecule has 1 atom stereocenters. The number of nitrogens with zero attached hydrogens (tertiary/aromatic N) is 1. The lowest BCUT2D eigenvalue weighted by atomic mass is 10.0. The van der Waals surface area contributed by atoms with Gasteiger partial charge in [0.2, 0.25) is 0 Å². The van der Waals surface area contributed by atoms with Crippen molar-refractivity contribution in [3.63, 3.8) is 0 Å². The quantitative estimate of drug-likeness (QED) is 0.721. The third kappa shape index (κ3) is 5.07. The first-order valence-electron chi connectivity index (χ1n) is 8.65. The number of likely N-dealkylation sites (tertiary alicyclic amines) is 1. The Kier molecular flexibility index (Phi) is 5.79. The second-order valence-electron chi connectivity index (χ2n) is 6.53. The fourth-order valence-corrected chi connectivity index (χ4v) is 3.06. The van der Waals surface area contributed by atoms with E-state index in [1.165, 1.54) is 29.2 Å². The summed E-state index contributed by atoms with van der Waals surface area (Å²) in [5.74, 6) is -0.759. The van der Waals surface area contributed by atoms with Gasteiger partial charge in [-0.2, -0.15) is 13.2 Å². The van der Waals surface area contributed by atoms with Crippen LogP contribution >= 0.6 is 0 Å². The summed E-state index contributed by atoms with van der Waals surface area (Å²) >= 11 is 0. The SMILES string of the molecule is O=C(c1cccc(C(F)(F)F)c1)N1CCCC(OCc2ccc(F)cc2)C1. The van der Waals surface area contributed by atoms with Crippen molar-refractivity contribution in [2.45, 2.75) is 31.7 Å². The average Bonchev–Trinajstić information content (AvgIpc) is 2.67. The molecule has 27 heavy (non-hydrogen) atoms. The summed E-state index contributed by atoms with van der Waals surface area (Å²) in [7, 11) is 0. The maximum Gasteiger partial charge on any atom is 0.416 e. The molecule has 144 valence electrons. The molecule has 2 aromatic rings. The number of benzene rings is 2. The van der Waals surface area contributed by atoms with Crippen molar-refractivity contribution >= 4 is 5.91 Å². The van der Waals surface area contributed by atoms with E-state index in [2.05, 4.69) is 0 Å². The zero-order valence-electron chi connectivity index (χ0n) is 14.5. The highest BCUT2D eigenvalue weighted by Crippen LogP contribution is 2.30. The van der Waals surface area contributed by atoms with Crippen LogP contribution in [0.1, 0.15) is 34.3 Å². The number of alkyl halides is 3. The van der Waals surface area contributed by atoms with Gasteiger partial charge in [-0.25, -0.2) is 4.39 Å². The van der Waals surface area contributed by atoms with E-state index in [1.807, 2.05) is 0 Å². The molecule has 1 amide bonds. The van der Waals surface area contributed by atoms with Gasteiger partial charge in [-0.1, -0.05) is 18.2 Å². The topological polar surface area (TPSA) is 29.5 Å². The Balaban J connectivity index is 1.62. The van der Waals surface area contributed by atoms with Crippen molar-refractivity contribution in [2.75, 3.05) is 13.1 Å².